The molecule has 0 amide bonds. The van der Waals surface area contributed by atoms with Gasteiger partial charge >= 0.3 is 18.9 Å². The summed E-state index contributed by atoms with van der Waals surface area (Å²) in [4.78, 5) is 15.8. The number of aromatic carboxylic acids is 1. The van der Waals surface area contributed by atoms with Crippen molar-refractivity contribution >= 4 is 22.7 Å². The maximum absolute atomic E-state index is 11.1. The van der Waals surface area contributed by atoms with E-state index in [1.807, 2.05) is 0 Å². The largest absolute Gasteiger partial charge is 1.00 e. The van der Waals surface area contributed by atoms with Crippen molar-refractivity contribution in [2.75, 3.05) is 37.6 Å². The molecule has 2 fully saturated rings. The standard InChI is InChI=1S/C15H18N4O3.Li/c20-15(21)11-5-12-14(17-22-16-12)13(6-11)19-8-10(9-19)7-18-3-1-2-4-18;/h5-6,10H,1-4,7-9H2,(H,20,21);/q;+1/p-1. The number of hydrogen-bond donors (Lipinski definition) is 0. The zero-order chi connectivity index (χ0) is 15.1. The van der Waals surface area contributed by atoms with Crippen LogP contribution < -0.4 is 28.9 Å². The Morgan fingerprint density at radius 1 is 1.26 bits per heavy atom. The topological polar surface area (TPSA) is 85.5 Å². The fourth-order valence-corrected chi connectivity index (χ4v) is 3.44. The first-order valence-corrected chi connectivity index (χ1v) is 7.65. The number of nitrogens with zero attached hydrogens (tertiary/aromatic N) is 4. The van der Waals surface area contributed by atoms with E-state index in [0.29, 0.717) is 17.0 Å². The van der Waals surface area contributed by atoms with Gasteiger partial charge in [0.2, 0.25) is 0 Å². The third-order valence-corrected chi connectivity index (χ3v) is 4.59. The van der Waals surface area contributed by atoms with Crippen LogP contribution in [0.5, 0.6) is 0 Å². The summed E-state index contributed by atoms with van der Waals surface area (Å²) < 4.78 is 4.75. The number of carboxylic acids is 1. The predicted molar refractivity (Wildman–Crippen MR) is 77.5 cm³/mol. The van der Waals surface area contributed by atoms with E-state index in [0.717, 1.165) is 25.3 Å². The summed E-state index contributed by atoms with van der Waals surface area (Å²) in [7, 11) is 0. The molecule has 0 N–H and O–H groups in total. The molecule has 3 heterocycles. The van der Waals surface area contributed by atoms with Crippen LogP contribution in [0.4, 0.5) is 5.69 Å². The van der Waals surface area contributed by atoms with Gasteiger partial charge < -0.3 is 19.7 Å². The molecular weight excluding hydrogens is 291 g/mol. The third kappa shape index (κ3) is 3.09. The molecule has 8 heteroatoms. The van der Waals surface area contributed by atoms with Gasteiger partial charge in [0.1, 0.15) is 5.52 Å². The quantitative estimate of drug-likeness (QED) is 0.561. The number of rotatable bonds is 4. The Balaban J connectivity index is 0.00000156. The molecule has 2 aliphatic heterocycles. The number of carbonyl (C=O) groups is 1. The van der Waals surface area contributed by atoms with Crippen LogP contribution in [0.25, 0.3) is 11.0 Å². The third-order valence-electron chi connectivity index (χ3n) is 4.59. The van der Waals surface area contributed by atoms with E-state index >= 15 is 0 Å². The number of aromatic nitrogens is 2. The molecule has 2 saturated heterocycles. The molecule has 0 bridgehead atoms. The van der Waals surface area contributed by atoms with Crippen molar-refractivity contribution in [3.8, 4) is 0 Å². The van der Waals surface area contributed by atoms with Crippen LogP contribution >= 0.6 is 0 Å². The summed E-state index contributed by atoms with van der Waals surface area (Å²) in [5.74, 6) is -0.583. The number of carboxylic acid groups (broad SMARTS) is 1. The SMILES string of the molecule is O=C([O-])c1cc(N2CC(CN3CCCC3)C2)c2nonc2c1.[Li+]. The number of anilines is 1. The molecule has 1 aromatic heterocycles. The van der Waals surface area contributed by atoms with Gasteiger partial charge in [0.25, 0.3) is 0 Å². The van der Waals surface area contributed by atoms with Gasteiger partial charge in [-0.2, -0.15) is 0 Å². The van der Waals surface area contributed by atoms with Gasteiger partial charge in [-0.3, -0.25) is 0 Å². The van der Waals surface area contributed by atoms with Crippen LogP contribution in [0.2, 0.25) is 0 Å². The van der Waals surface area contributed by atoms with Crippen molar-refractivity contribution in [3.63, 3.8) is 0 Å². The summed E-state index contributed by atoms with van der Waals surface area (Å²) in [6.07, 6.45) is 2.60. The van der Waals surface area contributed by atoms with Crippen molar-refractivity contribution < 1.29 is 33.4 Å². The van der Waals surface area contributed by atoms with E-state index in [1.165, 1.54) is 32.0 Å². The summed E-state index contributed by atoms with van der Waals surface area (Å²) in [5.41, 5.74) is 1.96. The van der Waals surface area contributed by atoms with E-state index in [-0.39, 0.29) is 24.4 Å². The van der Waals surface area contributed by atoms with E-state index < -0.39 is 5.97 Å². The van der Waals surface area contributed by atoms with Crippen LogP contribution in [0.1, 0.15) is 23.2 Å². The van der Waals surface area contributed by atoms with Gasteiger partial charge in [-0.15, -0.1) is 0 Å². The summed E-state index contributed by atoms with van der Waals surface area (Å²) in [6.45, 7) is 5.35. The Labute approximate surface area is 145 Å². The molecule has 7 nitrogen and oxygen atoms in total. The van der Waals surface area contributed by atoms with Crippen LogP contribution in [0.15, 0.2) is 16.8 Å². The van der Waals surface area contributed by atoms with Gasteiger partial charge in [-0.1, -0.05) is 0 Å². The molecule has 4 rings (SSSR count). The van der Waals surface area contributed by atoms with Crippen molar-refractivity contribution in [1.82, 2.24) is 15.2 Å². The molecule has 0 aliphatic carbocycles. The molecule has 116 valence electrons. The van der Waals surface area contributed by atoms with Gasteiger partial charge in [-0.25, -0.2) is 4.63 Å². The first-order valence-electron chi connectivity index (χ1n) is 7.65. The number of likely N-dealkylation sites (tertiary alicyclic amines) is 1. The van der Waals surface area contributed by atoms with E-state index in [2.05, 4.69) is 20.1 Å². The van der Waals surface area contributed by atoms with E-state index in [4.69, 9.17) is 4.63 Å². The first-order chi connectivity index (χ1) is 10.7. The van der Waals surface area contributed by atoms with Crippen molar-refractivity contribution in [1.29, 1.82) is 0 Å². The Bertz CT molecular complexity index is 708. The second-order valence-electron chi connectivity index (χ2n) is 6.19. The van der Waals surface area contributed by atoms with Crippen molar-refractivity contribution in [2.24, 2.45) is 5.92 Å². The molecule has 0 spiro atoms. The van der Waals surface area contributed by atoms with Gasteiger partial charge in [0.05, 0.1) is 11.7 Å². The Morgan fingerprint density at radius 2 is 2.00 bits per heavy atom. The zero-order valence-corrected chi connectivity index (χ0v) is 13.2. The molecule has 0 atom stereocenters. The predicted octanol–water partition coefficient (Wildman–Crippen LogP) is -2.88. The monoisotopic (exact) mass is 308 g/mol. The molecule has 1 aromatic carbocycles. The molecule has 0 saturated carbocycles. The maximum Gasteiger partial charge on any atom is 1.00 e. The van der Waals surface area contributed by atoms with Crippen molar-refractivity contribution in [3.05, 3.63) is 17.7 Å². The maximum atomic E-state index is 11.1. The fourth-order valence-electron chi connectivity index (χ4n) is 3.44. The van der Waals surface area contributed by atoms with Crippen molar-refractivity contribution in [2.45, 2.75) is 12.8 Å². The second kappa shape index (κ2) is 6.52. The Kier molecular flexibility index (Phi) is 4.62. The molecule has 2 aliphatic rings. The van der Waals surface area contributed by atoms with Gasteiger partial charge in [0, 0.05) is 31.1 Å². The summed E-state index contributed by atoms with van der Waals surface area (Å²) >= 11 is 0. The molecule has 0 radical (unpaired) electrons. The minimum Gasteiger partial charge on any atom is -0.545 e. The number of benzene rings is 1. The van der Waals surface area contributed by atoms with Gasteiger partial charge in [0.15, 0.2) is 5.52 Å². The van der Waals surface area contributed by atoms with Crippen LogP contribution in [-0.4, -0.2) is 53.9 Å². The second-order valence-corrected chi connectivity index (χ2v) is 6.19. The van der Waals surface area contributed by atoms with Crippen LogP contribution in [0, 0.1) is 5.92 Å². The minimum absolute atomic E-state index is 0. The molecule has 2 aromatic rings. The molecule has 0 unspecified atom stereocenters. The number of hydrogen-bond acceptors (Lipinski definition) is 7. The average Bonchev–Trinajstić information content (AvgIpc) is 3.12. The minimum atomic E-state index is -1.21. The first kappa shape index (κ1) is 16.3. The number of carbonyl (C=O) groups excluding carboxylic acids is 1. The Hall–Kier alpha value is -1.55. The normalized spacial score (nSPS) is 18.9. The zero-order valence-electron chi connectivity index (χ0n) is 13.2. The Morgan fingerprint density at radius 3 is 2.70 bits per heavy atom. The smallest absolute Gasteiger partial charge is 0.545 e. The van der Waals surface area contributed by atoms with Gasteiger partial charge in [-0.05, 0) is 48.4 Å². The van der Waals surface area contributed by atoms with E-state index in [9.17, 15) is 9.90 Å². The molecular formula is C15H17LiN4O3. The fraction of sp³-hybridized carbons (Fsp3) is 0.533. The molecule has 23 heavy (non-hydrogen) atoms. The number of fused-ring (bicyclic) bond motifs is 1. The summed E-state index contributed by atoms with van der Waals surface area (Å²) in [5, 5.41) is 18.8. The summed E-state index contributed by atoms with van der Waals surface area (Å²) in [6, 6.07) is 3.04. The average molecular weight is 308 g/mol. The van der Waals surface area contributed by atoms with E-state index in [1.54, 1.807) is 6.07 Å². The van der Waals surface area contributed by atoms with Crippen LogP contribution in [-0.2, 0) is 0 Å². The van der Waals surface area contributed by atoms with Crippen LogP contribution in [0.3, 0.4) is 0 Å².